The number of aliphatic hydroxyl groups is 2. The fourth-order valence-electron chi connectivity index (χ4n) is 3.55. The molecule has 3 heteroatoms. The van der Waals surface area contributed by atoms with Crippen LogP contribution in [-0.4, -0.2) is 21.1 Å². The number of aryl methyl sites for hydroxylation is 1. The van der Waals surface area contributed by atoms with Crippen LogP contribution in [0, 0.1) is 6.92 Å². The van der Waals surface area contributed by atoms with Gasteiger partial charge in [-0.1, -0.05) is 60.7 Å². The van der Waals surface area contributed by atoms with E-state index in [0.29, 0.717) is 0 Å². The normalized spacial score (nSPS) is 11.7. The van der Waals surface area contributed by atoms with Gasteiger partial charge in [0.25, 0.3) is 0 Å². The number of rotatable bonds is 3. The van der Waals surface area contributed by atoms with Crippen LogP contribution in [0.25, 0.3) is 32.9 Å². The predicted molar refractivity (Wildman–Crippen MR) is 97.8 cm³/mol. The smallest absolute Gasteiger partial charge is 0.169 e. The molecule has 0 amide bonds. The lowest BCUT2D eigenvalue weighted by Gasteiger charge is -2.13. The summed E-state index contributed by atoms with van der Waals surface area (Å²) in [4.78, 5) is 0. The van der Waals surface area contributed by atoms with E-state index in [0.717, 1.165) is 27.4 Å². The maximum absolute atomic E-state index is 9.59. The Bertz CT molecular complexity index is 1030. The second-order valence-electron chi connectivity index (χ2n) is 6.13. The van der Waals surface area contributed by atoms with Gasteiger partial charge in [0.15, 0.2) is 6.29 Å². The summed E-state index contributed by atoms with van der Waals surface area (Å²) >= 11 is 0. The summed E-state index contributed by atoms with van der Waals surface area (Å²) in [6.07, 6.45) is -1.39. The molecule has 0 saturated carbocycles. The summed E-state index contributed by atoms with van der Waals surface area (Å²) < 4.78 is 2.01. The first-order valence-electron chi connectivity index (χ1n) is 8.09. The second-order valence-corrected chi connectivity index (χ2v) is 6.13. The maximum Gasteiger partial charge on any atom is 0.169 e. The molecule has 24 heavy (non-hydrogen) atoms. The molecule has 0 saturated heterocycles. The highest BCUT2D eigenvalue weighted by Crippen LogP contribution is 2.36. The summed E-state index contributed by atoms with van der Waals surface area (Å²) in [5.41, 5.74) is 5.54. The van der Waals surface area contributed by atoms with Gasteiger partial charge in [0.05, 0.1) is 12.1 Å². The van der Waals surface area contributed by atoms with Crippen LogP contribution in [0.15, 0.2) is 66.7 Å². The molecule has 0 fully saturated rings. The molecule has 3 nitrogen and oxygen atoms in total. The molecule has 0 radical (unpaired) electrons. The molecule has 0 aliphatic heterocycles. The Kier molecular flexibility index (Phi) is 3.60. The van der Waals surface area contributed by atoms with Gasteiger partial charge >= 0.3 is 0 Å². The lowest BCUT2D eigenvalue weighted by atomic mass is 9.98. The van der Waals surface area contributed by atoms with E-state index in [1.165, 1.54) is 11.1 Å². The Hall–Kier alpha value is -2.62. The van der Waals surface area contributed by atoms with E-state index in [1.807, 2.05) is 34.9 Å². The minimum atomic E-state index is -1.39. The van der Waals surface area contributed by atoms with Crippen molar-refractivity contribution in [2.24, 2.45) is 0 Å². The third-order valence-electron chi connectivity index (χ3n) is 4.57. The van der Waals surface area contributed by atoms with Crippen molar-refractivity contribution in [1.82, 2.24) is 4.57 Å². The van der Waals surface area contributed by atoms with E-state index in [2.05, 4.69) is 43.3 Å². The van der Waals surface area contributed by atoms with Gasteiger partial charge in [-0.2, -0.15) is 0 Å². The van der Waals surface area contributed by atoms with Gasteiger partial charge in [-0.05, 0) is 24.1 Å². The van der Waals surface area contributed by atoms with E-state index in [1.54, 1.807) is 0 Å². The number of hydrogen-bond acceptors (Lipinski definition) is 2. The Morgan fingerprint density at radius 2 is 1.46 bits per heavy atom. The van der Waals surface area contributed by atoms with Crippen molar-refractivity contribution in [3.8, 4) is 11.1 Å². The van der Waals surface area contributed by atoms with Crippen LogP contribution in [0.4, 0.5) is 0 Å². The molecule has 4 aromatic rings. The van der Waals surface area contributed by atoms with Crippen molar-refractivity contribution < 1.29 is 10.2 Å². The molecule has 1 aromatic heterocycles. The molecular formula is C21H19NO2. The summed E-state index contributed by atoms with van der Waals surface area (Å²) in [7, 11) is 0. The fraction of sp³-hybridized carbons (Fsp3) is 0.143. The van der Waals surface area contributed by atoms with Gasteiger partial charge in [-0.15, -0.1) is 0 Å². The van der Waals surface area contributed by atoms with E-state index in [9.17, 15) is 10.2 Å². The quantitative estimate of drug-likeness (QED) is 0.559. The summed E-state index contributed by atoms with van der Waals surface area (Å²) in [6, 6.07) is 22.7. The highest BCUT2D eigenvalue weighted by Gasteiger charge is 2.16. The van der Waals surface area contributed by atoms with E-state index < -0.39 is 6.29 Å². The molecule has 0 atom stereocenters. The van der Waals surface area contributed by atoms with Crippen molar-refractivity contribution in [1.29, 1.82) is 0 Å². The largest absolute Gasteiger partial charge is 0.367 e. The Morgan fingerprint density at radius 1 is 0.792 bits per heavy atom. The van der Waals surface area contributed by atoms with Crippen LogP contribution in [0.5, 0.6) is 0 Å². The predicted octanol–water partition coefficient (Wildman–Crippen LogP) is 4.08. The number of fused-ring (bicyclic) bond motifs is 3. The average molecular weight is 317 g/mol. The number of aliphatic hydroxyl groups excluding tert-OH is 1. The Labute approximate surface area is 140 Å². The molecule has 1 heterocycles. The van der Waals surface area contributed by atoms with Gasteiger partial charge in [0.1, 0.15) is 0 Å². The fourth-order valence-corrected chi connectivity index (χ4v) is 3.55. The molecule has 2 N–H and O–H groups in total. The van der Waals surface area contributed by atoms with Crippen LogP contribution in [0.1, 0.15) is 5.56 Å². The maximum atomic E-state index is 9.59. The standard InChI is InChI=1S/C21H19NO2/c1-14-7-2-3-8-15(14)17-10-6-11-18-16-9-4-5-12-19(16)22(21(17)18)13-20(23)24/h2-12,20,23-24H,13H2,1H3. The van der Waals surface area contributed by atoms with Crippen LogP contribution in [0.2, 0.25) is 0 Å². The van der Waals surface area contributed by atoms with E-state index in [-0.39, 0.29) is 6.54 Å². The first-order valence-corrected chi connectivity index (χ1v) is 8.09. The lowest BCUT2D eigenvalue weighted by Crippen LogP contribution is -2.14. The topological polar surface area (TPSA) is 45.4 Å². The zero-order valence-electron chi connectivity index (χ0n) is 13.5. The molecule has 0 aliphatic carbocycles. The summed E-state index contributed by atoms with van der Waals surface area (Å²) in [5, 5.41) is 21.4. The number of para-hydroxylation sites is 2. The third-order valence-corrected chi connectivity index (χ3v) is 4.57. The molecule has 0 aliphatic rings. The van der Waals surface area contributed by atoms with Gasteiger partial charge in [-0.3, -0.25) is 0 Å². The van der Waals surface area contributed by atoms with Gasteiger partial charge in [0.2, 0.25) is 0 Å². The van der Waals surface area contributed by atoms with Crippen LogP contribution >= 0.6 is 0 Å². The van der Waals surface area contributed by atoms with Crippen molar-refractivity contribution in [2.75, 3.05) is 0 Å². The Morgan fingerprint density at radius 3 is 2.25 bits per heavy atom. The molecule has 0 bridgehead atoms. The molecule has 0 unspecified atom stereocenters. The van der Waals surface area contributed by atoms with Crippen molar-refractivity contribution in [2.45, 2.75) is 19.8 Å². The number of hydrogen-bond donors (Lipinski definition) is 2. The number of benzene rings is 3. The monoisotopic (exact) mass is 317 g/mol. The SMILES string of the molecule is Cc1ccccc1-c1cccc2c3ccccc3n(CC(O)O)c12. The number of nitrogens with zero attached hydrogens (tertiary/aromatic N) is 1. The van der Waals surface area contributed by atoms with Gasteiger partial charge in [0, 0.05) is 21.9 Å². The summed E-state index contributed by atoms with van der Waals surface area (Å²) in [6.45, 7) is 2.24. The van der Waals surface area contributed by atoms with E-state index in [4.69, 9.17) is 0 Å². The zero-order valence-corrected chi connectivity index (χ0v) is 13.5. The van der Waals surface area contributed by atoms with Crippen LogP contribution < -0.4 is 0 Å². The molecule has 120 valence electrons. The number of aromatic nitrogens is 1. The van der Waals surface area contributed by atoms with Gasteiger partial charge < -0.3 is 14.8 Å². The summed E-state index contributed by atoms with van der Waals surface area (Å²) in [5.74, 6) is 0. The first-order chi connectivity index (χ1) is 11.7. The molecular weight excluding hydrogens is 298 g/mol. The lowest BCUT2D eigenvalue weighted by molar-refractivity contribution is -0.0497. The average Bonchev–Trinajstić information content (AvgIpc) is 2.90. The van der Waals surface area contributed by atoms with Crippen molar-refractivity contribution in [3.05, 3.63) is 72.3 Å². The molecule has 4 rings (SSSR count). The first kappa shape index (κ1) is 14.9. The molecule has 3 aromatic carbocycles. The van der Waals surface area contributed by atoms with Crippen LogP contribution in [-0.2, 0) is 6.54 Å². The highest BCUT2D eigenvalue weighted by atomic mass is 16.5. The van der Waals surface area contributed by atoms with Crippen molar-refractivity contribution >= 4 is 21.8 Å². The second kappa shape index (κ2) is 5.78. The van der Waals surface area contributed by atoms with Crippen LogP contribution in [0.3, 0.4) is 0 Å². The van der Waals surface area contributed by atoms with E-state index >= 15 is 0 Å². The van der Waals surface area contributed by atoms with Gasteiger partial charge in [-0.25, -0.2) is 0 Å². The Balaban J connectivity index is 2.15. The van der Waals surface area contributed by atoms with Crippen molar-refractivity contribution in [3.63, 3.8) is 0 Å². The minimum absolute atomic E-state index is 0.146. The zero-order chi connectivity index (χ0) is 16.7. The third kappa shape index (κ3) is 2.30. The highest BCUT2D eigenvalue weighted by molar-refractivity contribution is 6.12. The molecule has 0 spiro atoms. The minimum Gasteiger partial charge on any atom is -0.367 e.